The number of sulfonamides is 1. The number of nitrogens with one attached hydrogen (secondary N) is 2. The van der Waals surface area contributed by atoms with E-state index in [2.05, 4.69) is 27.1 Å². The van der Waals surface area contributed by atoms with Crippen molar-refractivity contribution in [1.82, 2.24) is 4.90 Å². The fraction of sp³-hybridized carbons (Fsp3) is 0.269. The number of anilines is 2. The van der Waals surface area contributed by atoms with Gasteiger partial charge in [0.05, 0.1) is 11.9 Å². The molecule has 1 saturated heterocycles. The number of likely N-dealkylation sites (tertiary alicyclic amines) is 1. The van der Waals surface area contributed by atoms with Crippen molar-refractivity contribution >= 4 is 39.7 Å². The maximum Gasteiger partial charge on any atom is 0.255 e. The Bertz CT molecular complexity index is 1280. The van der Waals surface area contributed by atoms with Crippen LogP contribution in [0.3, 0.4) is 0 Å². The smallest absolute Gasteiger partial charge is 0.255 e. The Morgan fingerprint density at radius 3 is 2.34 bits per heavy atom. The topological polar surface area (TPSA) is 78.5 Å². The number of amides is 1. The van der Waals surface area contributed by atoms with Gasteiger partial charge in [-0.05, 0) is 73.0 Å². The molecule has 0 unspecified atom stereocenters. The Morgan fingerprint density at radius 1 is 0.971 bits per heavy atom. The molecular formula is C26H29ClFN3O3S. The van der Waals surface area contributed by atoms with Gasteiger partial charge in [-0.25, -0.2) is 12.8 Å². The molecule has 0 atom stereocenters. The van der Waals surface area contributed by atoms with Crippen LogP contribution < -0.4 is 10.0 Å². The highest BCUT2D eigenvalue weighted by Crippen LogP contribution is 2.28. The standard InChI is InChI=1S/C26H28FN3O3S.ClH/c1-34(32,33)29-25-13-11-22(17-24(25)27)28-26(31)20-10-12-23(19-8-4-2-5-9-19)21(16-20)18-30-14-6-3-7-15-30;/h2,4-5,8-13,16-17,29H,3,6-7,14-15,18H2,1H3,(H,28,31);1H. The van der Waals surface area contributed by atoms with Gasteiger partial charge in [0.25, 0.3) is 5.91 Å². The predicted octanol–water partition coefficient (Wildman–Crippen LogP) is 5.52. The number of carbonyl (C=O) groups excluding carboxylic acids is 1. The van der Waals surface area contributed by atoms with Crippen molar-refractivity contribution in [2.75, 3.05) is 29.4 Å². The molecule has 9 heteroatoms. The molecule has 0 bridgehead atoms. The van der Waals surface area contributed by atoms with Crippen LogP contribution in [-0.2, 0) is 16.6 Å². The number of carbonyl (C=O) groups is 1. The second-order valence-electron chi connectivity index (χ2n) is 8.60. The Kier molecular flexibility index (Phi) is 8.88. The van der Waals surface area contributed by atoms with Gasteiger partial charge in [-0.2, -0.15) is 0 Å². The molecule has 1 fully saturated rings. The van der Waals surface area contributed by atoms with Gasteiger partial charge in [0.2, 0.25) is 10.0 Å². The van der Waals surface area contributed by atoms with Crippen LogP contribution >= 0.6 is 12.4 Å². The second-order valence-corrected chi connectivity index (χ2v) is 10.3. The summed E-state index contributed by atoms with van der Waals surface area (Å²) >= 11 is 0. The number of benzene rings is 3. The Hall–Kier alpha value is -2.94. The van der Waals surface area contributed by atoms with E-state index in [1.165, 1.54) is 31.4 Å². The summed E-state index contributed by atoms with van der Waals surface area (Å²) in [4.78, 5) is 15.4. The van der Waals surface area contributed by atoms with E-state index in [0.717, 1.165) is 48.6 Å². The summed E-state index contributed by atoms with van der Waals surface area (Å²) in [5.41, 5.74) is 3.80. The van der Waals surface area contributed by atoms with Crippen molar-refractivity contribution in [3.63, 3.8) is 0 Å². The predicted molar refractivity (Wildman–Crippen MR) is 141 cm³/mol. The van der Waals surface area contributed by atoms with Crippen LogP contribution in [0.25, 0.3) is 11.1 Å². The van der Waals surface area contributed by atoms with Crippen molar-refractivity contribution in [2.24, 2.45) is 0 Å². The van der Waals surface area contributed by atoms with E-state index in [9.17, 15) is 17.6 Å². The number of hydrogen-bond acceptors (Lipinski definition) is 4. The van der Waals surface area contributed by atoms with Crippen LogP contribution in [0, 0.1) is 5.82 Å². The van der Waals surface area contributed by atoms with E-state index in [0.29, 0.717) is 5.56 Å². The average molecular weight is 518 g/mol. The highest BCUT2D eigenvalue weighted by Gasteiger charge is 2.17. The highest BCUT2D eigenvalue weighted by molar-refractivity contribution is 7.92. The fourth-order valence-corrected chi connectivity index (χ4v) is 4.77. The number of hydrogen-bond donors (Lipinski definition) is 2. The fourth-order valence-electron chi connectivity index (χ4n) is 4.20. The first-order valence-corrected chi connectivity index (χ1v) is 13.2. The lowest BCUT2D eigenvalue weighted by Crippen LogP contribution is -2.29. The lowest BCUT2D eigenvalue weighted by molar-refractivity contribution is 0.102. The number of piperidine rings is 1. The van der Waals surface area contributed by atoms with Crippen LogP contribution in [0.2, 0.25) is 0 Å². The summed E-state index contributed by atoms with van der Waals surface area (Å²) in [5.74, 6) is -1.13. The van der Waals surface area contributed by atoms with E-state index >= 15 is 0 Å². The molecule has 0 radical (unpaired) electrons. The third kappa shape index (κ3) is 7.27. The first-order chi connectivity index (χ1) is 16.3. The van der Waals surface area contributed by atoms with Crippen LogP contribution in [0.5, 0.6) is 0 Å². The molecule has 3 aromatic carbocycles. The zero-order valence-electron chi connectivity index (χ0n) is 19.5. The largest absolute Gasteiger partial charge is 0.322 e. The highest BCUT2D eigenvalue weighted by atomic mass is 35.5. The molecule has 1 heterocycles. The normalized spacial score (nSPS) is 14.1. The van der Waals surface area contributed by atoms with Crippen LogP contribution in [0.1, 0.15) is 35.2 Å². The van der Waals surface area contributed by atoms with Gasteiger partial charge in [-0.15, -0.1) is 12.4 Å². The molecule has 0 saturated carbocycles. The van der Waals surface area contributed by atoms with E-state index in [1.54, 1.807) is 6.07 Å². The molecule has 0 aliphatic carbocycles. The van der Waals surface area contributed by atoms with Crippen molar-refractivity contribution in [2.45, 2.75) is 25.8 Å². The van der Waals surface area contributed by atoms with Gasteiger partial charge >= 0.3 is 0 Å². The summed E-state index contributed by atoms with van der Waals surface area (Å²) in [6.45, 7) is 2.83. The summed E-state index contributed by atoms with van der Waals surface area (Å²) in [6, 6.07) is 19.6. The molecule has 186 valence electrons. The Balaban J connectivity index is 0.00000342. The molecule has 1 aliphatic rings. The first kappa shape index (κ1) is 26.7. The molecular weight excluding hydrogens is 489 g/mol. The van der Waals surface area contributed by atoms with Crippen molar-refractivity contribution < 1.29 is 17.6 Å². The summed E-state index contributed by atoms with van der Waals surface area (Å²) in [5, 5.41) is 2.71. The zero-order chi connectivity index (χ0) is 24.1. The van der Waals surface area contributed by atoms with Crippen LogP contribution in [-0.4, -0.2) is 38.6 Å². The minimum absolute atomic E-state index is 0. The Labute approximate surface area is 212 Å². The number of nitrogens with zero attached hydrogens (tertiary/aromatic N) is 1. The van der Waals surface area contributed by atoms with Crippen LogP contribution in [0.15, 0.2) is 66.7 Å². The van der Waals surface area contributed by atoms with Crippen molar-refractivity contribution in [3.05, 3.63) is 83.7 Å². The zero-order valence-corrected chi connectivity index (χ0v) is 21.1. The molecule has 4 rings (SSSR count). The van der Waals surface area contributed by atoms with Gasteiger partial charge in [0.1, 0.15) is 5.82 Å². The lowest BCUT2D eigenvalue weighted by Gasteiger charge is -2.27. The average Bonchev–Trinajstić information content (AvgIpc) is 2.81. The van der Waals surface area contributed by atoms with Gasteiger partial charge in [-0.3, -0.25) is 14.4 Å². The van der Waals surface area contributed by atoms with Gasteiger partial charge in [0.15, 0.2) is 0 Å². The van der Waals surface area contributed by atoms with Gasteiger partial charge in [0, 0.05) is 17.8 Å². The molecule has 35 heavy (non-hydrogen) atoms. The summed E-state index contributed by atoms with van der Waals surface area (Å²) in [6.07, 6.45) is 4.55. The third-order valence-electron chi connectivity index (χ3n) is 5.82. The Morgan fingerprint density at radius 2 is 1.69 bits per heavy atom. The quantitative estimate of drug-likeness (QED) is 0.432. The van der Waals surface area contributed by atoms with Crippen LogP contribution in [0.4, 0.5) is 15.8 Å². The first-order valence-electron chi connectivity index (χ1n) is 11.3. The number of halogens is 2. The second kappa shape index (κ2) is 11.7. The number of rotatable bonds is 7. The third-order valence-corrected chi connectivity index (χ3v) is 6.41. The molecule has 0 spiro atoms. The molecule has 2 N–H and O–H groups in total. The van der Waals surface area contributed by atoms with E-state index in [1.807, 2.05) is 30.3 Å². The summed E-state index contributed by atoms with van der Waals surface area (Å²) in [7, 11) is -3.60. The van der Waals surface area contributed by atoms with Gasteiger partial charge in [-0.1, -0.05) is 42.8 Å². The maximum atomic E-state index is 14.3. The minimum Gasteiger partial charge on any atom is -0.322 e. The molecule has 0 aromatic heterocycles. The van der Waals surface area contributed by atoms with E-state index < -0.39 is 15.8 Å². The molecule has 1 aliphatic heterocycles. The lowest BCUT2D eigenvalue weighted by atomic mass is 9.96. The van der Waals surface area contributed by atoms with E-state index in [4.69, 9.17) is 0 Å². The minimum atomic E-state index is -3.60. The molecule has 6 nitrogen and oxygen atoms in total. The van der Waals surface area contributed by atoms with Crippen molar-refractivity contribution in [1.29, 1.82) is 0 Å². The monoisotopic (exact) mass is 517 g/mol. The van der Waals surface area contributed by atoms with E-state index in [-0.39, 0.29) is 29.7 Å². The SMILES string of the molecule is CS(=O)(=O)Nc1ccc(NC(=O)c2ccc(-c3ccccc3)c(CN3CCCCC3)c2)cc1F.Cl. The summed E-state index contributed by atoms with van der Waals surface area (Å²) < 4.78 is 39.1. The van der Waals surface area contributed by atoms with Crippen molar-refractivity contribution in [3.8, 4) is 11.1 Å². The van der Waals surface area contributed by atoms with Gasteiger partial charge < -0.3 is 5.32 Å². The maximum absolute atomic E-state index is 14.3. The molecule has 1 amide bonds. The molecule has 3 aromatic rings.